The van der Waals surface area contributed by atoms with Crippen molar-refractivity contribution in [3.8, 4) is 5.82 Å². The van der Waals surface area contributed by atoms with Crippen LogP contribution in [-0.4, -0.2) is 65.2 Å². The molecule has 190 valence electrons. The van der Waals surface area contributed by atoms with Crippen LogP contribution in [0, 0.1) is 0 Å². The highest BCUT2D eigenvalue weighted by atomic mass is 16.1. The maximum atomic E-state index is 13.2. The Morgan fingerprint density at radius 1 is 1.05 bits per heavy atom. The summed E-state index contributed by atoms with van der Waals surface area (Å²) in [5.41, 5.74) is 2.24. The summed E-state index contributed by atoms with van der Waals surface area (Å²) in [5.74, 6) is 1.83. The van der Waals surface area contributed by atoms with Crippen molar-refractivity contribution in [3.63, 3.8) is 0 Å². The van der Waals surface area contributed by atoms with Gasteiger partial charge in [-0.2, -0.15) is 10.1 Å². The minimum Gasteiger partial charge on any atom is -0.367 e. The SMILES string of the molecule is CCn1c(=O)c2cnc(Nc3ccc4c(cnn4C)c3)nc2n1-c1cccc(NC2CCN(C)CC2)n1. The van der Waals surface area contributed by atoms with Crippen LogP contribution in [0.1, 0.15) is 19.8 Å². The van der Waals surface area contributed by atoms with E-state index >= 15 is 0 Å². The Hall–Kier alpha value is -4.25. The van der Waals surface area contributed by atoms with E-state index < -0.39 is 0 Å². The number of nitrogens with zero attached hydrogens (tertiary/aromatic N) is 8. The topological polar surface area (TPSA) is 111 Å². The molecule has 0 radical (unpaired) electrons. The predicted molar refractivity (Wildman–Crippen MR) is 145 cm³/mol. The number of nitrogens with one attached hydrogen (secondary N) is 2. The molecular formula is C26H30N10O. The lowest BCUT2D eigenvalue weighted by atomic mass is 10.1. The molecule has 0 aliphatic carbocycles. The Balaban J connectivity index is 1.36. The van der Waals surface area contributed by atoms with E-state index in [1.165, 1.54) is 0 Å². The number of benzene rings is 1. The average molecular weight is 499 g/mol. The standard InChI is InChI=1S/C26H30N10O/c1-4-35-25(37)20-16-27-26(30-19-8-9-21-17(14-19)15-28-34(21)3)32-24(20)36(35)23-7-5-6-22(31-23)29-18-10-12-33(2)13-11-18/h5-9,14-16,18H,4,10-13H2,1-3H3,(H,29,31)(H,27,30,32). The van der Waals surface area contributed by atoms with E-state index in [4.69, 9.17) is 9.97 Å². The summed E-state index contributed by atoms with van der Waals surface area (Å²) >= 11 is 0. The van der Waals surface area contributed by atoms with Crippen LogP contribution in [0.3, 0.4) is 0 Å². The molecule has 1 fully saturated rings. The zero-order valence-corrected chi connectivity index (χ0v) is 21.2. The summed E-state index contributed by atoms with van der Waals surface area (Å²) in [6.45, 7) is 4.54. The van der Waals surface area contributed by atoms with E-state index in [2.05, 4.69) is 32.7 Å². The third kappa shape index (κ3) is 4.31. The maximum absolute atomic E-state index is 13.2. The molecular weight excluding hydrogens is 468 g/mol. The van der Waals surface area contributed by atoms with Gasteiger partial charge in [0.1, 0.15) is 11.2 Å². The van der Waals surface area contributed by atoms with Crippen molar-refractivity contribution in [3.05, 3.63) is 59.1 Å². The first kappa shape index (κ1) is 23.2. The van der Waals surface area contributed by atoms with Crippen LogP contribution >= 0.6 is 0 Å². The van der Waals surface area contributed by atoms with Crippen LogP contribution in [0.4, 0.5) is 17.5 Å². The fourth-order valence-electron chi connectivity index (χ4n) is 4.96. The highest BCUT2D eigenvalue weighted by Gasteiger charge is 2.20. The molecule has 5 heterocycles. The van der Waals surface area contributed by atoms with Gasteiger partial charge in [-0.25, -0.2) is 19.3 Å². The van der Waals surface area contributed by atoms with Gasteiger partial charge in [0, 0.05) is 36.9 Å². The Kier molecular flexibility index (Phi) is 5.84. The van der Waals surface area contributed by atoms with Crippen LogP contribution < -0.4 is 16.2 Å². The predicted octanol–water partition coefficient (Wildman–Crippen LogP) is 3.13. The summed E-state index contributed by atoms with van der Waals surface area (Å²) < 4.78 is 5.26. The van der Waals surface area contributed by atoms with E-state index in [0.717, 1.165) is 48.3 Å². The Bertz CT molecular complexity index is 1640. The maximum Gasteiger partial charge on any atom is 0.278 e. The number of hydrogen-bond donors (Lipinski definition) is 2. The molecule has 0 amide bonds. The van der Waals surface area contributed by atoms with E-state index in [-0.39, 0.29) is 5.56 Å². The van der Waals surface area contributed by atoms with Crippen molar-refractivity contribution in [2.24, 2.45) is 7.05 Å². The summed E-state index contributed by atoms with van der Waals surface area (Å²) in [6, 6.07) is 12.2. The minimum atomic E-state index is -0.142. The van der Waals surface area contributed by atoms with Crippen molar-refractivity contribution in [1.29, 1.82) is 0 Å². The van der Waals surface area contributed by atoms with Crippen molar-refractivity contribution < 1.29 is 0 Å². The Labute approximate surface area is 213 Å². The highest BCUT2D eigenvalue weighted by molar-refractivity contribution is 5.83. The highest BCUT2D eigenvalue weighted by Crippen LogP contribution is 2.23. The number of likely N-dealkylation sites (tertiary alicyclic amines) is 1. The van der Waals surface area contributed by atoms with Gasteiger partial charge in [-0.3, -0.25) is 9.48 Å². The first-order valence-corrected chi connectivity index (χ1v) is 12.6. The molecule has 1 aliphatic heterocycles. The fraction of sp³-hybridized carbons (Fsp3) is 0.346. The monoisotopic (exact) mass is 498 g/mol. The molecule has 0 unspecified atom stereocenters. The molecule has 37 heavy (non-hydrogen) atoms. The molecule has 0 atom stereocenters. The molecule has 1 aliphatic rings. The number of piperidine rings is 1. The molecule has 2 N–H and O–H groups in total. The van der Waals surface area contributed by atoms with Gasteiger partial charge in [0.25, 0.3) is 5.56 Å². The van der Waals surface area contributed by atoms with Gasteiger partial charge in [-0.05, 0) is 70.2 Å². The number of rotatable bonds is 6. The molecule has 0 spiro atoms. The van der Waals surface area contributed by atoms with Crippen molar-refractivity contribution in [1.82, 2.24) is 39.0 Å². The average Bonchev–Trinajstić information content (AvgIpc) is 3.41. The van der Waals surface area contributed by atoms with Gasteiger partial charge in [0.15, 0.2) is 11.5 Å². The summed E-state index contributed by atoms with van der Waals surface area (Å²) in [4.78, 5) is 29.6. The molecule has 1 saturated heterocycles. The smallest absolute Gasteiger partial charge is 0.278 e. The number of aryl methyl sites for hydroxylation is 1. The lowest BCUT2D eigenvalue weighted by Gasteiger charge is -2.29. The van der Waals surface area contributed by atoms with Crippen molar-refractivity contribution in [2.75, 3.05) is 30.8 Å². The van der Waals surface area contributed by atoms with Crippen LogP contribution in [0.15, 0.2) is 53.6 Å². The molecule has 0 bridgehead atoms. The zero-order valence-electron chi connectivity index (χ0n) is 21.2. The van der Waals surface area contributed by atoms with Crippen molar-refractivity contribution >= 4 is 39.4 Å². The minimum absolute atomic E-state index is 0.142. The molecule has 1 aromatic carbocycles. The van der Waals surface area contributed by atoms with Gasteiger partial charge in [-0.1, -0.05) is 6.07 Å². The molecule has 4 aromatic heterocycles. The van der Waals surface area contributed by atoms with Gasteiger partial charge in [-0.15, -0.1) is 0 Å². The first-order valence-electron chi connectivity index (χ1n) is 12.6. The second kappa shape index (κ2) is 9.32. The largest absolute Gasteiger partial charge is 0.367 e. The number of aromatic nitrogens is 7. The normalized spacial score (nSPS) is 15.0. The fourth-order valence-corrected chi connectivity index (χ4v) is 4.96. The molecule has 5 aromatic rings. The van der Waals surface area contributed by atoms with E-state index in [9.17, 15) is 4.79 Å². The van der Waals surface area contributed by atoms with E-state index in [0.29, 0.717) is 35.4 Å². The summed E-state index contributed by atoms with van der Waals surface area (Å²) in [5, 5.41) is 12.6. The first-order chi connectivity index (χ1) is 18.0. The summed E-state index contributed by atoms with van der Waals surface area (Å²) in [7, 11) is 4.06. The second-order valence-electron chi connectivity index (χ2n) is 9.53. The quantitative estimate of drug-likeness (QED) is 0.367. The molecule has 6 rings (SSSR count). The third-order valence-electron chi connectivity index (χ3n) is 7.00. The van der Waals surface area contributed by atoms with Gasteiger partial charge in [0.2, 0.25) is 5.95 Å². The lowest BCUT2D eigenvalue weighted by Crippen LogP contribution is -2.36. The van der Waals surface area contributed by atoms with Crippen LogP contribution in [0.25, 0.3) is 27.8 Å². The van der Waals surface area contributed by atoms with Gasteiger partial charge < -0.3 is 15.5 Å². The van der Waals surface area contributed by atoms with Gasteiger partial charge in [0.05, 0.1) is 11.7 Å². The lowest BCUT2D eigenvalue weighted by molar-refractivity contribution is 0.263. The number of pyridine rings is 1. The van der Waals surface area contributed by atoms with E-state index in [1.54, 1.807) is 15.6 Å². The molecule has 11 heteroatoms. The number of hydrogen-bond acceptors (Lipinski definition) is 8. The number of anilines is 3. The molecule has 0 saturated carbocycles. The van der Waals surface area contributed by atoms with Crippen molar-refractivity contribution in [2.45, 2.75) is 32.4 Å². The summed E-state index contributed by atoms with van der Waals surface area (Å²) in [6.07, 6.45) is 5.55. The number of fused-ring (bicyclic) bond motifs is 2. The van der Waals surface area contributed by atoms with Crippen LogP contribution in [0.2, 0.25) is 0 Å². The van der Waals surface area contributed by atoms with E-state index in [1.807, 2.05) is 61.2 Å². The Morgan fingerprint density at radius 3 is 2.70 bits per heavy atom. The zero-order chi connectivity index (χ0) is 25.5. The molecule has 11 nitrogen and oxygen atoms in total. The van der Waals surface area contributed by atoms with Crippen LogP contribution in [0.5, 0.6) is 0 Å². The third-order valence-corrected chi connectivity index (χ3v) is 7.00. The second-order valence-corrected chi connectivity index (χ2v) is 9.53. The van der Waals surface area contributed by atoms with Gasteiger partial charge >= 0.3 is 0 Å². The van der Waals surface area contributed by atoms with Crippen LogP contribution in [-0.2, 0) is 13.6 Å². The Morgan fingerprint density at radius 2 is 1.89 bits per heavy atom.